The highest BCUT2D eigenvalue weighted by Crippen LogP contribution is 2.34. The van der Waals surface area contributed by atoms with Crippen LogP contribution in [0.1, 0.15) is 11.6 Å². The largest absolute Gasteiger partial charge is 0.505 e. The van der Waals surface area contributed by atoms with Crippen molar-refractivity contribution >= 4 is 15.9 Å². The molecule has 18 heavy (non-hydrogen) atoms. The molecule has 1 fully saturated rings. The van der Waals surface area contributed by atoms with Crippen molar-refractivity contribution in [1.82, 2.24) is 10.2 Å². The van der Waals surface area contributed by atoms with E-state index in [1.165, 1.54) is 0 Å². The van der Waals surface area contributed by atoms with Crippen LogP contribution in [0.2, 0.25) is 0 Å². The van der Waals surface area contributed by atoms with Gasteiger partial charge in [-0.15, -0.1) is 6.58 Å². The number of benzene rings is 1. The predicted octanol–water partition coefficient (Wildman–Crippen LogP) is 2.43. The molecule has 1 aliphatic heterocycles. The van der Waals surface area contributed by atoms with Crippen LogP contribution in [0.4, 0.5) is 4.39 Å². The fourth-order valence-electron chi connectivity index (χ4n) is 2.23. The van der Waals surface area contributed by atoms with Gasteiger partial charge in [0.1, 0.15) is 0 Å². The minimum absolute atomic E-state index is 0.158. The smallest absolute Gasteiger partial charge is 0.179 e. The van der Waals surface area contributed by atoms with E-state index in [1.807, 2.05) is 0 Å². The molecule has 1 aromatic carbocycles. The Hall–Kier alpha value is -0.910. The van der Waals surface area contributed by atoms with Crippen molar-refractivity contribution in [3.8, 4) is 5.75 Å². The zero-order chi connectivity index (χ0) is 13.1. The number of phenols is 1. The monoisotopic (exact) mass is 314 g/mol. The number of hydrogen-bond donors (Lipinski definition) is 2. The van der Waals surface area contributed by atoms with Crippen molar-refractivity contribution in [3.05, 3.63) is 40.6 Å². The maximum absolute atomic E-state index is 13.7. The van der Waals surface area contributed by atoms with Crippen molar-refractivity contribution in [2.24, 2.45) is 0 Å². The first-order valence-corrected chi connectivity index (χ1v) is 6.68. The van der Waals surface area contributed by atoms with Crippen LogP contribution < -0.4 is 5.32 Å². The molecule has 0 saturated carbocycles. The highest BCUT2D eigenvalue weighted by Gasteiger charge is 2.23. The summed E-state index contributed by atoms with van der Waals surface area (Å²) >= 11 is 3.06. The van der Waals surface area contributed by atoms with Crippen LogP contribution in [0.3, 0.4) is 0 Å². The number of halogens is 2. The Balaban J connectivity index is 2.32. The first-order chi connectivity index (χ1) is 8.65. The number of phenolic OH excluding ortho intramolecular Hbond substituents is 1. The number of nitrogens with one attached hydrogen (secondary N) is 1. The zero-order valence-electron chi connectivity index (χ0n) is 10.00. The lowest BCUT2D eigenvalue weighted by atomic mass is 10.0. The Morgan fingerprint density at radius 1 is 1.44 bits per heavy atom. The van der Waals surface area contributed by atoms with Crippen molar-refractivity contribution < 1.29 is 9.50 Å². The fourth-order valence-corrected chi connectivity index (χ4v) is 2.55. The summed E-state index contributed by atoms with van der Waals surface area (Å²) in [7, 11) is 0. The topological polar surface area (TPSA) is 35.5 Å². The molecular weight excluding hydrogens is 299 g/mol. The third-order valence-electron chi connectivity index (χ3n) is 3.19. The molecular formula is C13H16BrFN2O. The van der Waals surface area contributed by atoms with Gasteiger partial charge in [0, 0.05) is 31.7 Å². The molecule has 1 heterocycles. The first-order valence-electron chi connectivity index (χ1n) is 5.89. The second kappa shape index (κ2) is 5.82. The van der Waals surface area contributed by atoms with E-state index in [0.29, 0.717) is 5.56 Å². The van der Waals surface area contributed by atoms with Crippen LogP contribution in [-0.4, -0.2) is 36.2 Å². The van der Waals surface area contributed by atoms with E-state index in [2.05, 4.69) is 32.7 Å². The van der Waals surface area contributed by atoms with Gasteiger partial charge in [0.2, 0.25) is 0 Å². The van der Waals surface area contributed by atoms with Gasteiger partial charge in [-0.3, -0.25) is 4.90 Å². The van der Waals surface area contributed by atoms with E-state index in [1.54, 1.807) is 18.2 Å². The van der Waals surface area contributed by atoms with Gasteiger partial charge in [-0.25, -0.2) is 4.39 Å². The molecule has 2 rings (SSSR count). The summed E-state index contributed by atoms with van der Waals surface area (Å²) in [5.41, 5.74) is 0.563. The SMILES string of the molecule is C=C[C@@H](c1ccc(Br)c(F)c1O)N1CCNCC1. The van der Waals surface area contributed by atoms with Crippen LogP contribution in [0.15, 0.2) is 29.3 Å². The summed E-state index contributed by atoms with van der Waals surface area (Å²) in [6.07, 6.45) is 1.74. The summed E-state index contributed by atoms with van der Waals surface area (Å²) in [5, 5.41) is 13.2. The lowest BCUT2D eigenvalue weighted by molar-refractivity contribution is 0.200. The number of nitrogens with zero attached hydrogens (tertiary/aromatic N) is 1. The van der Waals surface area contributed by atoms with Gasteiger partial charge >= 0.3 is 0 Å². The Morgan fingerprint density at radius 3 is 2.72 bits per heavy atom. The van der Waals surface area contributed by atoms with Gasteiger partial charge < -0.3 is 10.4 Å². The standard InChI is InChI=1S/C13H16BrFN2O/c1-2-11(17-7-5-16-6-8-17)9-3-4-10(14)12(15)13(9)18/h2-4,11,16,18H,1,5-8H2/t11-/m0/s1. The average molecular weight is 315 g/mol. The summed E-state index contributed by atoms with van der Waals surface area (Å²) in [4.78, 5) is 2.17. The number of aromatic hydroxyl groups is 1. The molecule has 2 N–H and O–H groups in total. The van der Waals surface area contributed by atoms with Crippen LogP contribution >= 0.6 is 15.9 Å². The maximum Gasteiger partial charge on any atom is 0.179 e. The Bertz CT molecular complexity index is 447. The van der Waals surface area contributed by atoms with Crippen LogP contribution in [0.5, 0.6) is 5.75 Å². The predicted molar refractivity (Wildman–Crippen MR) is 73.1 cm³/mol. The summed E-state index contributed by atoms with van der Waals surface area (Å²) in [6, 6.07) is 3.19. The van der Waals surface area contributed by atoms with Crippen LogP contribution in [0.25, 0.3) is 0 Å². The van der Waals surface area contributed by atoms with E-state index in [9.17, 15) is 9.50 Å². The second-order valence-electron chi connectivity index (χ2n) is 4.27. The molecule has 0 aliphatic carbocycles. The van der Waals surface area contributed by atoms with Gasteiger partial charge in [-0.05, 0) is 22.0 Å². The van der Waals surface area contributed by atoms with Crippen molar-refractivity contribution in [1.29, 1.82) is 0 Å². The third-order valence-corrected chi connectivity index (χ3v) is 3.80. The first kappa shape index (κ1) is 13.5. The van der Waals surface area contributed by atoms with Gasteiger partial charge in [-0.1, -0.05) is 12.1 Å². The van der Waals surface area contributed by atoms with E-state index in [0.717, 1.165) is 26.2 Å². The Kier molecular flexibility index (Phi) is 4.37. The second-order valence-corrected chi connectivity index (χ2v) is 5.12. The van der Waals surface area contributed by atoms with Crippen molar-refractivity contribution in [2.45, 2.75) is 6.04 Å². The van der Waals surface area contributed by atoms with Crippen LogP contribution in [-0.2, 0) is 0 Å². The van der Waals surface area contributed by atoms with Gasteiger partial charge in [0.25, 0.3) is 0 Å². The zero-order valence-corrected chi connectivity index (χ0v) is 11.6. The van der Waals surface area contributed by atoms with Crippen molar-refractivity contribution in [3.63, 3.8) is 0 Å². The molecule has 0 radical (unpaired) electrons. The fraction of sp³-hybridized carbons (Fsp3) is 0.385. The summed E-state index contributed by atoms with van der Waals surface area (Å²) in [6.45, 7) is 7.29. The lowest BCUT2D eigenvalue weighted by Gasteiger charge is -2.33. The normalized spacial score (nSPS) is 18.6. The molecule has 0 spiro atoms. The highest BCUT2D eigenvalue weighted by atomic mass is 79.9. The molecule has 3 nitrogen and oxygen atoms in total. The number of piperazine rings is 1. The van der Waals surface area contributed by atoms with E-state index in [4.69, 9.17) is 0 Å². The minimum Gasteiger partial charge on any atom is -0.505 e. The Morgan fingerprint density at radius 2 is 2.11 bits per heavy atom. The molecule has 1 atom stereocenters. The molecule has 98 valence electrons. The summed E-state index contributed by atoms with van der Waals surface area (Å²) < 4.78 is 14.0. The molecule has 0 aromatic heterocycles. The quantitative estimate of drug-likeness (QED) is 0.841. The number of hydrogen-bond acceptors (Lipinski definition) is 3. The van der Waals surface area contributed by atoms with E-state index < -0.39 is 5.82 Å². The Labute approximate surface area is 114 Å². The van der Waals surface area contributed by atoms with Gasteiger partial charge in [0.05, 0.1) is 10.5 Å². The molecule has 5 heteroatoms. The third kappa shape index (κ3) is 2.58. The minimum atomic E-state index is -0.616. The average Bonchev–Trinajstić information content (AvgIpc) is 2.41. The lowest BCUT2D eigenvalue weighted by Crippen LogP contribution is -2.44. The molecule has 0 unspecified atom stereocenters. The number of rotatable bonds is 3. The molecule has 1 aliphatic rings. The van der Waals surface area contributed by atoms with E-state index >= 15 is 0 Å². The summed E-state index contributed by atoms with van der Waals surface area (Å²) in [5.74, 6) is -0.915. The molecule has 0 amide bonds. The molecule has 1 saturated heterocycles. The van der Waals surface area contributed by atoms with Crippen molar-refractivity contribution in [2.75, 3.05) is 26.2 Å². The van der Waals surface area contributed by atoms with Gasteiger partial charge in [-0.2, -0.15) is 0 Å². The highest BCUT2D eigenvalue weighted by molar-refractivity contribution is 9.10. The van der Waals surface area contributed by atoms with Gasteiger partial charge in [0.15, 0.2) is 11.6 Å². The molecule has 0 bridgehead atoms. The maximum atomic E-state index is 13.7. The van der Waals surface area contributed by atoms with Crippen LogP contribution in [0, 0.1) is 5.82 Å². The molecule has 1 aromatic rings. The van der Waals surface area contributed by atoms with E-state index in [-0.39, 0.29) is 16.3 Å².